The fraction of sp³-hybridized carbons (Fsp3) is 0.921. The molecule has 1 aliphatic rings. The first-order valence-corrected chi connectivity index (χ1v) is 21.5. The number of hydrogen-bond donors (Lipinski definition) is 7. The van der Waals surface area contributed by atoms with Crippen LogP contribution in [0.2, 0.25) is 0 Å². The molecule has 8 atom stereocenters. The number of ether oxygens (including phenoxy) is 2. The molecule has 0 aliphatic carbocycles. The lowest BCUT2D eigenvalue weighted by Gasteiger charge is -2.41. The summed E-state index contributed by atoms with van der Waals surface area (Å²) in [5.41, 5.74) is 0. The highest BCUT2D eigenvalue weighted by Crippen LogP contribution is 2.26. The molecule has 0 aromatic rings. The Hall–Kier alpha value is -1.20. The van der Waals surface area contributed by atoms with Gasteiger partial charge in [-0.15, -0.1) is 0 Å². The normalized spacial score (nSPS) is 22.8. The first kappa shape index (κ1) is 48.8. The standard InChI is InChI=1S/C38H73NO12S/c1-3-5-7-9-10-11-12-13-14-15-16-17-18-19-20-21-23-25-27-32(42)37(45)39-30(31(41)26-24-22-8-6-4-2)29-49-38-35(44)36(51-52(46,47)48)34(43)33(28-40)50-38/h24,26,30-36,38,40-44H,3-23,25,27-29H2,1-2H3,(H,39,45)(H,46,47,48)/b26-24+. The molecule has 0 aromatic heterocycles. The van der Waals surface area contributed by atoms with E-state index in [9.17, 15) is 38.7 Å². The van der Waals surface area contributed by atoms with Crippen LogP contribution in [0, 0.1) is 0 Å². The maximum Gasteiger partial charge on any atom is 0.397 e. The van der Waals surface area contributed by atoms with E-state index >= 15 is 0 Å². The number of unbranched alkanes of at least 4 members (excludes halogenated alkanes) is 20. The maximum atomic E-state index is 12.9. The average Bonchev–Trinajstić information content (AvgIpc) is 3.11. The molecule has 1 rings (SSSR count). The van der Waals surface area contributed by atoms with Crippen molar-refractivity contribution >= 4 is 16.3 Å². The first-order chi connectivity index (χ1) is 24.9. The van der Waals surface area contributed by atoms with E-state index in [1.54, 1.807) is 6.08 Å². The number of allylic oxidation sites excluding steroid dienone is 1. The second-order valence-corrected chi connectivity index (χ2v) is 15.4. The molecule has 0 spiro atoms. The zero-order valence-corrected chi connectivity index (χ0v) is 32.8. The van der Waals surface area contributed by atoms with Crippen LogP contribution < -0.4 is 5.32 Å². The minimum atomic E-state index is -5.10. The van der Waals surface area contributed by atoms with Crippen molar-refractivity contribution in [1.29, 1.82) is 0 Å². The maximum absolute atomic E-state index is 12.9. The highest BCUT2D eigenvalue weighted by atomic mass is 32.3. The fourth-order valence-corrected chi connectivity index (χ4v) is 6.91. The SMILES string of the molecule is CCCCC/C=C/C(O)C(COC1OC(CO)C(O)C(OS(=O)(=O)O)C1O)NC(=O)C(O)CCCCCCCCCCCCCCCCCCCC. The zero-order valence-electron chi connectivity index (χ0n) is 32.0. The van der Waals surface area contributed by atoms with Gasteiger partial charge in [-0.3, -0.25) is 9.35 Å². The van der Waals surface area contributed by atoms with Crippen LogP contribution in [-0.4, -0.2) is 107 Å². The van der Waals surface area contributed by atoms with E-state index in [-0.39, 0.29) is 6.42 Å². The Morgan fingerprint density at radius 1 is 0.769 bits per heavy atom. The first-order valence-electron chi connectivity index (χ1n) is 20.2. The number of aliphatic hydroxyl groups excluding tert-OH is 5. The monoisotopic (exact) mass is 767 g/mol. The molecule has 1 saturated heterocycles. The molecule has 1 aliphatic heterocycles. The Labute approximate surface area is 313 Å². The smallest absolute Gasteiger partial charge is 0.394 e. The number of nitrogens with one attached hydrogen (secondary N) is 1. The second-order valence-electron chi connectivity index (χ2n) is 14.4. The Morgan fingerprint density at radius 2 is 1.25 bits per heavy atom. The summed E-state index contributed by atoms with van der Waals surface area (Å²) in [5, 5.41) is 54.5. The van der Waals surface area contributed by atoms with Gasteiger partial charge in [-0.05, 0) is 19.3 Å². The fourth-order valence-electron chi connectivity index (χ4n) is 6.40. The Morgan fingerprint density at radius 3 is 1.73 bits per heavy atom. The van der Waals surface area contributed by atoms with E-state index in [1.165, 1.54) is 96.0 Å². The molecular weight excluding hydrogens is 694 g/mol. The minimum absolute atomic E-state index is 0.246. The molecule has 52 heavy (non-hydrogen) atoms. The lowest BCUT2D eigenvalue weighted by Crippen LogP contribution is -2.61. The second kappa shape index (κ2) is 30.1. The van der Waals surface area contributed by atoms with Crippen molar-refractivity contribution in [1.82, 2.24) is 5.32 Å². The van der Waals surface area contributed by atoms with Crippen molar-refractivity contribution in [2.24, 2.45) is 0 Å². The minimum Gasteiger partial charge on any atom is -0.394 e. The van der Waals surface area contributed by atoms with Crippen LogP contribution in [0.3, 0.4) is 0 Å². The van der Waals surface area contributed by atoms with E-state index < -0.39 is 78.5 Å². The Bertz CT molecular complexity index is 1020. The van der Waals surface area contributed by atoms with Gasteiger partial charge in [0.25, 0.3) is 0 Å². The summed E-state index contributed by atoms with van der Waals surface area (Å²) in [5.74, 6) is -0.708. The molecule has 0 radical (unpaired) electrons. The molecule has 1 fully saturated rings. The summed E-state index contributed by atoms with van der Waals surface area (Å²) in [6.45, 7) is 3.06. The van der Waals surface area contributed by atoms with E-state index in [4.69, 9.17) is 14.0 Å². The Balaban J connectivity index is 2.46. The quantitative estimate of drug-likeness (QED) is 0.0254. The van der Waals surface area contributed by atoms with Crippen LogP contribution in [0.5, 0.6) is 0 Å². The highest BCUT2D eigenvalue weighted by Gasteiger charge is 2.48. The van der Waals surface area contributed by atoms with Gasteiger partial charge >= 0.3 is 10.4 Å². The molecule has 0 aromatic carbocycles. The lowest BCUT2D eigenvalue weighted by molar-refractivity contribution is -0.298. The summed E-state index contributed by atoms with van der Waals surface area (Å²) in [4.78, 5) is 12.9. The third kappa shape index (κ3) is 22.9. The number of carbonyl (C=O) groups excluding carboxylic acids is 1. The van der Waals surface area contributed by atoms with Crippen molar-refractivity contribution in [3.8, 4) is 0 Å². The van der Waals surface area contributed by atoms with E-state index in [2.05, 4.69) is 23.3 Å². The van der Waals surface area contributed by atoms with Crippen molar-refractivity contribution in [3.05, 3.63) is 12.2 Å². The van der Waals surface area contributed by atoms with Crippen LogP contribution in [0.25, 0.3) is 0 Å². The molecule has 8 unspecified atom stereocenters. The molecule has 13 nitrogen and oxygen atoms in total. The van der Waals surface area contributed by atoms with Gasteiger partial charge in [-0.1, -0.05) is 154 Å². The third-order valence-electron chi connectivity index (χ3n) is 9.68. The van der Waals surface area contributed by atoms with Gasteiger partial charge in [0.15, 0.2) is 6.29 Å². The molecule has 14 heteroatoms. The topological polar surface area (TPSA) is 212 Å². The summed E-state index contributed by atoms with van der Waals surface area (Å²) in [7, 11) is -5.10. The van der Waals surface area contributed by atoms with Gasteiger partial charge in [0.05, 0.1) is 25.4 Å². The molecule has 7 N–H and O–H groups in total. The molecule has 308 valence electrons. The van der Waals surface area contributed by atoms with Crippen molar-refractivity contribution < 1.29 is 57.0 Å². The summed E-state index contributed by atoms with van der Waals surface area (Å²) in [6.07, 6.45) is 18.1. The molecule has 0 bridgehead atoms. The number of hydrogen-bond acceptors (Lipinski definition) is 11. The van der Waals surface area contributed by atoms with E-state index in [0.717, 1.165) is 38.5 Å². The van der Waals surface area contributed by atoms with E-state index in [1.807, 2.05) is 0 Å². The van der Waals surface area contributed by atoms with Crippen molar-refractivity contribution in [2.45, 2.75) is 210 Å². The van der Waals surface area contributed by atoms with Gasteiger partial charge in [-0.25, -0.2) is 4.18 Å². The van der Waals surface area contributed by atoms with Gasteiger partial charge < -0.3 is 40.3 Å². The summed E-state index contributed by atoms with van der Waals surface area (Å²) in [6, 6.07) is -1.11. The highest BCUT2D eigenvalue weighted by molar-refractivity contribution is 7.80. The molecular formula is C38H73NO12S. The number of carbonyl (C=O) groups is 1. The van der Waals surface area contributed by atoms with Gasteiger partial charge in [-0.2, -0.15) is 8.42 Å². The van der Waals surface area contributed by atoms with Crippen molar-refractivity contribution in [3.63, 3.8) is 0 Å². The largest absolute Gasteiger partial charge is 0.397 e. The van der Waals surface area contributed by atoms with Crippen LogP contribution in [0.15, 0.2) is 12.2 Å². The van der Waals surface area contributed by atoms with Gasteiger partial charge in [0.2, 0.25) is 5.91 Å². The van der Waals surface area contributed by atoms with Gasteiger partial charge in [0, 0.05) is 0 Å². The average molecular weight is 768 g/mol. The number of rotatable bonds is 33. The van der Waals surface area contributed by atoms with Crippen molar-refractivity contribution in [2.75, 3.05) is 13.2 Å². The van der Waals surface area contributed by atoms with Crippen LogP contribution >= 0.6 is 0 Å². The number of amides is 1. The van der Waals surface area contributed by atoms with Crippen LogP contribution in [0.1, 0.15) is 162 Å². The van der Waals surface area contributed by atoms with Crippen LogP contribution in [-0.2, 0) is 28.9 Å². The lowest BCUT2D eigenvalue weighted by atomic mass is 9.99. The number of aliphatic hydroxyl groups is 5. The third-order valence-corrected chi connectivity index (χ3v) is 10.1. The van der Waals surface area contributed by atoms with Gasteiger partial charge in [0.1, 0.15) is 30.5 Å². The zero-order chi connectivity index (χ0) is 38.6. The Kier molecular flexibility index (Phi) is 28.2. The van der Waals surface area contributed by atoms with Crippen LogP contribution in [0.4, 0.5) is 0 Å². The molecule has 1 amide bonds. The predicted molar refractivity (Wildman–Crippen MR) is 201 cm³/mol. The van der Waals surface area contributed by atoms with E-state index in [0.29, 0.717) is 12.8 Å². The summed E-state index contributed by atoms with van der Waals surface area (Å²) >= 11 is 0. The predicted octanol–water partition coefficient (Wildman–Crippen LogP) is 5.40. The molecule has 1 heterocycles. The summed E-state index contributed by atoms with van der Waals surface area (Å²) < 4.78 is 47.0. The molecule has 0 saturated carbocycles.